The molecule has 0 radical (unpaired) electrons. The summed E-state index contributed by atoms with van der Waals surface area (Å²) in [6.45, 7) is 7.63. The van der Waals surface area contributed by atoms with Gasteiger partial charge in [-0.3, -0.25) is 0 Å². The molecular weight excluding hydrogens is 272 g/mol. The number of hydrogen-bond donors (Lipinski definition) is 1. The summed E-state index contributed by atoms with van der Waals surface area (Å²) in [6, 6.07) is 1.03. The Hall–Kier alpha value is -0.420. The number of amides is 1. The highest BCUT2D eigenvalue weighted by atomic mass is 32.2. The molecule has 0 aromatic heterocycles. The van der Waals surface area contributed by atoms with Crippen molar-refractivity contribution in [1.82, 2.24) is 10.2 Å². The van der Waals surface area contributed by atoms with Crippen LogP contribution in [0.4, 0.5) is 4.79 Å². The Morgan fingerprint density at radius 1 is 1.40 bits per heavy atom. The van der Waals surface area contributed by atoms with E-state index in [1.807, 2.05) is 37.4 Å². The summed E-state index contributed by atoms with van der Waals surface area (Å²) in [7, 11) is 0. The zero-order valence-corrected chi connectivity index (χ0v) is 13.8. The lowest BCUT2D eigenvalue weighted by atomic mass is 10.1. The molecule has 2 heterocycles. The van der Waals surface area contributed by atoms with E-state index in [-0.39, 0.29) is 6.09 Å². The quantitative estimate of drug-likeness (QED) is 0.867. The van der Waals surface area contributed by atoms with Gasteiger partial charge in [0.1, 0.15) is 5.60 Å². The molecule has 4 nitrogen and oxygen atoms in total. The van der Waals surface area contributed by atoms with Crippen LogP contribution in [-0.4, -0.2) is 53.3 Å². The molecule has 0 aliphatic carbocycles. The van der Waals surface area contributed by atoms with Crippen molar-refractivity contribution in [2.75, 3.05) is 24.6 Å². The number of rotatable bonds is 4. The average molecular weight is 300 g/mol. The zero-order chi connectivity index (χ0) is 14.6. The molecule has 0 aromatic rings. The van der Waals surface area contributed by atoms with Crippen molar-refractivity contribution in [3.05, 3.63) is 0 Å². The minimum atomic E-state index is -0.399. The fraction of sp³-hybridized carbons (Fsp3) is 0.933. The highest BCUT2D eigenvalue weighted by Crippen LogP contribution is 2.23. The Kier molecular flexibility index (Phi) is 5.61. The van der Waals surface area contributed by atoms with Gasteiger partial charge >= 0.3 is 6.09 Å². The van der Waals surface area contributed by atoms with Crippen LogP contribution in [0.5, 0.6) is 0 Å². The van der Waals surface area contributed by atoms with E-state index in [2.05, 4.69) is 5.32 Å². The minimum Gasteiger partial charge on any atom is -0.444 e. The van der Waals surface area contributed by atoms with E-state index in [0.29, 0.717) is 12.1 Å². The molecule has 2 aliphatic heterocycles. The van der Waals surface area contributed by atoms with E-state index in [1.54, 1.807) is 0 Å². The molecule has 20 heavy (non-hydrogen) atoms. The average Bonchev–Trinajstić information content (AvgIpc) is 2.97. The first-order chi connectivity index (χ1) is 9.46. The molecule has 2 atom stereocenters. The van der Waals surface area contributed by atoms with Crippen molar-refractivity contribution in [1.29, 1.82) is 0 Å². The fourth-order valence-electron chi connectivity index (χ4n) is 2.85. The maximum Gasteiger partial charge on any atom is 0.410 e. The lowest BCUT2D eigenvalue weighted by Crippen LogP contribution is -2.41. The summed E-state index contributed by atoms with van der Waals surface area (Å²) in [6.07, 6.45) is 4.39. The van der Waals surface area contributed by atoms with Gasteiger partial charge in [-0.15, -0.1) is 0 Å². The zero-order valence-electron chi connectivity index (χ0n) is 13.0. The van der Waals surface area contributed by atoms with Gasteiger partial charge in [0.2, 0.25) is 0 Å². The Labute approximate surface area is 127 Å². The van der Waals surface area contributed by atoms with Gasteiger partial charge in [-0.2, -0.15) is 11.8 Å². The summed E-state index contributed by atoms with van der Waals surface area (Å²) >= 11 is 2.03. The Balaban J connectivity index is 1.73. The number of nitrogens with zero attached hydrogens (tertiary/aromatic N) is 1. The number of ether oxygens (including phenoxy) is 1. The van der Waals surface area contributed by atoms with Crippen LogP contribution in [-0.2, 0) is 4.74 Å². The van der Waals surface area contributed by atoms with Crippen LogP contribution in [0, 0.1) is 0 Å². The summed E-state index contributed by atoms with van der Waals surface area (Å²) in [5, 5.41) is 3.62. The van der Waals surface area contributed by atoms with Crippen molar-refractivity contribution < 1.29 is 9.53 Å². The van der Waals surface area contributed by atoms with Gasteiger partial charge in [0.05, 0.1) is 0 Å². The second-order valence-corrected chi connectivity index (χ2v) is 7.92. The number of carbonyl (C=O) groups excluding carboxylic acids is 1. The first-order valence-corrected chi connectivity index (χ1v) is 8.92. The predicted molar refractivity (Wildman–Crippen MR) is 84.3 cm³/mol. The van der Waals surface area contributed by atoms with Crippen LogP contribution in [0.15, 0.2) is 0 Å². The summed E-state index contributed by atoms with van der Waals surface area (Å²) < 4.78 is 5.49. The summed E-state index contributed by atoms with van der Waals surface area (Å²) in [5.41, 5.74) is -0.399. The molecule has 0 bridgehead atoms. The third-order valence-corrected chi connectivity index (χ3v) is 5.01. The second kappa shape index (κ2) is 7.03. The van der Waals surface area contributed by atoms with Crippen LogP contribution < -0.4 is 5.32 Å². The minimum absolute atomic E-state index is 0.142. The molecule has 1 N–H and O–H groups in total. The van der Waals surface area contributed by atoms with Crippen molar-refractivity contribution in [3.8, 4) is 0 Å². The monoisotopic (exact) mass is 300 g/mol. The van der Waals surface area contributed by atoms with Gasteiger partial charge in [0.15, 0.2) is 0 Å². The molecule has 2 unspecified atom stereocenters. The fourth-order valence-corrected chi connectivity index (χ4v) is 4.03. The van der Waals surface area contributed by atoms with Crippen molar-refractivity contribution in [3.63, 3.8) is 0 Å². The molecular formula is C15H28N2O2S. The van der Waals surface area contributed by atoms with E-state index in [4.69, 9.17) is 4.74 Å². The van der Waals surface area contributed by atoms with E-state index in [0.717, 1.165) is 32.4 Å². The largest absolute Gasteiger partial charge is 0.444 e. The number of likely N-dealkylation sites (tertiary alicyclic amines) is 1. The van der Waals surface area contributed by atoms with Crippen LogP contribution >= 0.6 is 11.8 Å². The maximum absolute atomic E-state index is 12.2. The van der Waals surface area contributed by atoms with E-state index >= 15 is 0 Å². The third kappa shape index (κ3) is 4.85. The first kappa shape index (κ1) is 16.0. The first-order valence-electron chi connectivity index (χ1n) is 7.76. The molecule has 5 heteroatoms. The maximum atomic E-state index is 12.2. The molecule has 1 amide bonds. The van der Waals surface area contributed by atoms with Crippen LogP contribution in [0.25, 0.3) is 0 Å². The summed E-state index contributed by atoms with van der Waals surface area (Å²) in [5.74, 6) is 2.52. The van der Waals surface area contributed by atoms with Gasteiger partial charge in [0.25, 0.3) is 0 Å². The van der Waals surface area contributed by atoms with E-state index in [1.165, 1.54) is 17.9 Å². The van der Waals surface area contributed by atoms with Crippen LogP contribution in [0.1, 0.15) is 46.5 Å². The number of nitrogens with one attached hydrogen (secondary N) is 1. The van der Waals surface area contributed by atoms with Gasteiger partial charge in [-0.05, 0) is 58.8 Å². The molecule has 2 fully saturated rings. The van der Waals surface area contributed by atoms with Gasteiger partial charge in [-0.25, -0.2) is 4.79 Å². The van der Waals surface area contributed by atoms with Gasteiger partial charge in [-0.1, -0.05) is 0 Å². The van der Waals surface area contributed by atoms with E-state index in [9.17, 15) is 4.79 Å². The molecule has 116 valence electrons. The normalized spacial score (nSPS) is 27.1. The molecule has 0 saturated carbocycles. The lowest BCUT2D eigenvalue weighted by Gasteiger charge is -2.29. The van der Waals surface area contributed by atoms with E-state index < -0.39 is 5.60 Å². The SMILES string of the molecule is CC(C)(C)OC(=O)N1CCCC1CCNC1CCSC1. The highest BCUT2D eigenvalue weighted by molar-refractivity contribution is 7.99. The predicted octanol–water partition coefficient (Wildman–Crippen LogP) is 2.87. The number of thioether (sulfide) groups is 1. The highest BCUT2D eigenvalue weighted by Gasteiger charge is 2.31. The lowest BCUT2D eigenvalue weighted by molar-refractivity contribution is 0.0220. The second-order valence-electron chi connectivity index (χ2n) is 6.77. The Morgan fingerprint density at radius 2 is 2.20 bits per heavy atom. The topological polar surface area (TPSA) is 41.6 Å². The van der Waals surface area contributed by atoms with Crippen molar-refractivity contribution in [2.24, 2.45) is 0 Å². The molecule has 0 spiro atoms. The van der Waals surface area contributed by atoms with Crippen molar-refractivity contribution >= 4 is 17.9 Å². The molecule has 2 rings (SSSR count). The van der Waals surface area contributed by atoms with Crippen LogP contribution in [0.2, 0.25) is 0 Å². The number of carbonyl (C=O) groups is 1. The number of hydrogen-bond acceptors (Lipinski definition) is 4. The standard InChI is InChI=1S/C15H28N2O2S/c1-15(2,3)19-14(18)17-9-4-5-13(17)6-8-16-12-7-10-20-11-12/h12-13,16H,4-11H2,1-3H3. The molecule has 2 aliphatic rings. The summed E-state index contributed by atoms with van der Waals surface area (Å²) in [4.78, 5) is 14.1. The Bertz CT molecular complexity index is 324. The Morgan fingerprint density at radius 3 is 2.85 bits per heavy atom. The smallest absolute Gasteiger partial charge is 0.410 e. The molecule has 2 saturated heterocycles. The van der Waals surface area contributed by atoms with Crippen molar-refractivity contribution in [2.45, 2.75) is 64.1 Å². The van der Waals surface area contributed by atoms with Crippen LogP contribution in [0.3, 0.4) is 0 Å². The molecule has 0 aromatic carbocycles. The van der Waals surface area contributed by atoms with Gasteiger partial charge in [0, 0.05) is 24.4 Å². The van der Waals surface area contributed by atoms with Gasteiger partial charge < -0.3 is 15.0 Å². The third-order valence-electron chi connectivity index (χ3n) is 3.85.